The van der Waals surface area contributed by atoms with E-state index in [0.717, 1.165) is 6.42 Å². The number of hydrogen-bond acceptors (Lipinski definition) is 3. The summed E-state index contributed by atoms with van der Waals surface area (Å²) in [4.78, 5) is 24.3. The van der Waals surface area contributed by atoms with Crippen molar-refractivity contribution in [3.8, 4) is 0 Å². The Labute approximate surface area is 154 Å². The van der Waals surface area contributed by atoms with Crippen molar-refractivity contribution in [2.75, 3.05) is 11.9 Å². The van der Waals surface area contributed by atoms with E-state index in [1.807, 2.05) is 6.92 Å². The van der Waals surface area contributed by atoms with Crippen molar-refractivity contribution in [1.29, 1.82) is 0 Å². The summed E-state index contributed by atoms with van der Waals surface area (Å²) in [5.41, 5.74) is 0.826. The molecule has 24 heavy (non-hydrogen) atoms. The highest BCUT2D eigenvalue weighted by molar-refractivity contribution is 6.46. The van der Waals surface area contributed by atoms with E-state index in [1.165, 1.54) is 18.2 Å². The highest BCUT2D eigenvalue weighted by atomic mass is 35.5. The van der Waals surface area contributed by atoms with E-state index in [1.54, 1.807) is 18.2 Å². The minimum Gasteiger partial charge on any atom is -0.462 e. The van der Waals surface area contributed by atoms with Crippen LogP contribution in [0.4, 0.5) is 5.69 Å². The van der Waals surface area contributed by atoms with Crippen LogP contribution in [0.25, 0.3) is 0 Å². The van der Waals surface area contributed by atoms with Gasteiger partial charge in [-0.05, 0) is 36.8 Å². The summed E-state index contributed by atoms with van der Waals surface area (Å²) >= 11 is 18.0. The summed E-state index contributed by atoms with van der Waals surface area (Å²) in [6.45, 7) is 2.24. The maximum Gasteiger partial charge on any atom is 0.338 e. The van der Waals surface area contributed by atoms with Gasteiger partial charge in [0.2, 0.25) is 0 Å². The van der Waals surface area contributed by atoms with Gasteiger partial charge in [-0.15, -0.1) is 0 Å². The lowest BCUT2D eigenvalue weighted by Gasteiger charge is -2.10. The molecule has 2 aromatic rings. The zero-order valence-electron chi connectivity index (χ0n) is 12.7. The third-order valence-corrected chi connectivity index (χ3v) is 4.18. The molecule has 0 spiro atoms. The van der Waals surface area contributed by atoms with E-state index in [-0.39, 0.29) is 20.6 Å². The molecule has 0 aliphatic rings. The second-order valence-electron chi connectivity index (χ2n) is 4.89. The SMILES string of the molecule is CCCOC(=O)c1cccc(NC(=O)c2c(Cl)ccc(Cl)c2Cl)c1. The Morgan fingerprint density at radius 2 is 1.79 bits per heavy atom. The second kappa shape index (κ2) is 8.38. The molecule has 0 bridgehead atoms. The second-order valence-corrected chi connectivity index (χ2v) is 6.08. The summed E-state index contributed by atoms with van der Waals surface area (Å²) in [5.74, 6) is -0.974. The monoisotopic (exact) mass is 385 g/mol. The zero-order valence-corrected chi connectivity index (χ0v) is 15.0. The van der Waals surface area contributed by atoms with Gasteiger partial charge >= 0.3 is 5.97 Å². The molecule has 0 fully saturated rings. The van der Waals surface area contributed by atoms with Gasteiger partial charge in [0.15, 0.2) is 0 Å². The van der Waals surface area contributed by atoms with Crippen molar-refractivity contribution in [1.82, 2.24) is 0 Å². The van der Waals surface area contributed by atoms with Crippen LogP contribution in [0, 0.1) is 0 Å². The van der Waals surface area contributed by atoms with E-state index in [0.29, 0.717) is 17.9 Å². The van der Waals surface area contributed by atoms with Crippen molar-refractivity contribution in [2.24, 2.45) is 0 Å². The molecule has 0 radical (unpaired) electrons. The molecule has 2 rings (SSSR count). The van der Waals surface area contributed by atoms with Crippen LogP contribution in [0.15, 0.2) is 36.4 Å². The maximum atomic E-state index is 12.4. The van der Waals surface area contributed by atoms with E-state index in [9.17, 15) is 9.59 Å². The van der Waals surface area contributed by atoms with Crippen molar-refractivity contribution in [3.63, 3.8) is 0 Å². The van der Waals surface area contributed by atoms with Crippen LogP contribution in [0.5, 0.6) is 0 Å². The van der Waals surface area contributed by atoms with Gasteiger partial charge in [-0.2, -0.15) is 0 Å². The quantitative estimate of drug-likeness (QED) is 0.548. The van der Waals surface area contributed by atoms with Gasteiger partial charge in [0, 0.05) is 5.69 Å². The lowest BCUT2D eigenvalue weighted by molar-refractivity contribution is 0.0505. The summed E-state index contributed by atoms with van der Waals surface area (Å²) in [5, 5.41) is 3.12. The Morgan fingerprint density at radius 3 is 2.50 bits per heavy atom. The van der Waals surface area contributed by atoms with Crippen molar-refractivity contribution >= 4 is 52.4 Å². The van der Waals surface area contributed by atoms with Crippen LogP contribution < -0.4 is 5.32 Å². The molecule has 1 amide bonds. The van der Waals surface area contributed by atoms with E-state index in [4.69, 9.17) is 39.5 Å². The number of benzene rings is 2. The number of rotatable bonds is 5. The molecular weight excluding hydrogens is 373 g/mol. The van der Waals surface area contributed by atoms with E-state index < -0.39 is 11.9 Å². The Bertz CT molecular complexity index is 778. The molecule has 1 N–H and O–H groups in total. The van der Waals surface area contributed by atoms with Gasteiger partial charge in [-0.25, -0.2) is 4.79 Å². The van der Waals surface area contributed by atoms with Crippen LogP contribution in [0.1, 0.15) is 34.1 Å². The van der Waals surface area contributed by atoms with Gasteiger partial charge in [0.25, 0.3) is 5.91 Å². The molecule has 4 nitrogen and oxygen atoms in total. The topological polar surface area (TPSA) is 55.4 Å². The van der Waals surface area contributed by atoms with Gasteiger partial charge in [0.05, 0.1) is 32.8 Å². The molecule has 0 heterocycles. The molecular formula is C17H14Cl3NO3. The Balaban J connectivity index is 2.21. The minimum atomic E-state index is -0.522. The molecule has 0 unspecified atom stereocenters. The van der Waals surface area contributed by atoms with Crippen LogP contribution in [-0.2, 0) is 4.74 Å². The molecule has 0 saturated heterocycles. The lowest BCUT2D eigenvalue weighted by atomic mass is 10.1. The normalized spacial score (nSPS) is 10.3. The Hall–Kier alpha value is -1.75. The first kappa shape index (κ1) is 18.6. The molecule has 0 aromatic heterocycles. The number of amides is 1. The minimum absolute atomic E-state index is 0.0696. The standard InChI is InChI=1S/C17H14Cl3NO3/c1-2-8-24-17(23)10-4-3-5-11(9-10)21-16(22)14-12(18)6-7-13(19)15(14)20/h3-7,9H,2,8H2,1H3,(H,21,22). The van der Waals surface area contributed by atoms with Crippen LogP contribution >= 0.6 is 34.8 Å². The van der Waals surface area contributed by atoms with Crippen LogP contribution in [0.2, 0.25) is 15.1 Å². The van der Waals surface area contributed by atoms with E-state index >= 15 is 0 Å². The molecule has 0 aliphatic carbocycles. The summed E-state index contributed by atoms with van der Waals surface area (Å²) in [7, 11) is 0. The van der Waals surface area contributed by atoms with Crippen molar-refractivity contribution in [3.05, 3.63) is 62.6 Å². The number of carbonyl (C=O) groups excluding carboxylic acids is 2. The first-order valence-corrected chi connectivity index (χ1v) is 8.29. The van der Waals surface area contributed by atoms with Gasteiger partial charge in [0.1, 0.15) is 0 Å². The summed E-state index contributed by atoms with van der Waals surface area (Å²) < 4.78 is 5.06. The molecule has 7 heteroatoms. The predicted octanol–water partition coefficient (Wildman–Crippen LogP) is 5.47. The predicted molar refractivity (Wildman–Crippen MR) is 96.4 cm³/mol. The molecule has 2 aromatic carbocycles. The number of hydrogen-bond donors (Lipinski definition) is 1. The molecule has 0 aliphatic heterocycles. The lowest BCUT2D eigenvalue weighted by Crippen LogP contribution is -2.14. The van der Waals surface area contributed by atoms with Crippen molar-refractivity contribution < 1.29 is 14.3 Å². The summed E-state index contributed by atoms with van der Waals surface area (Å²) in [6.07, 6.45) is 0.730. The first-order valence-electron chi connectivity index (χ1n) is 7.16. The fourth-order valence-electron chi connectivity index (χ4n) is 1.93. The molecule has 0 atom stereocenters. The number of halogens is 3. The average molecular weight is 387 g/mol. The maximum absolute atomic E-state index is 12.4. The fourth-order valence-corrected chi connectivity index (χ4v) is 2.63. The number of esters is 1. The van der Waals surface area contributed by atoms with Crippen LogP contribution in [0.3, 0.4) is 0 Å². The number of nitrogens with one attached hydrogen (secondary N) is 1. The fraction of sp³-hybridized carbons (Fsp3) is 0.176. The third-order valence-electron chi connectivity index (χ3n) is 3.06. The molecule has 126 valence electrons. The first-order chi connectivity index (χ1) is 11.4. The number of carbonyl (C=O) groups is 2. The number of ether oxygens (including phenoxy) is 1. The average Bonchev–Trinajstić information content (AvgIpc) is 2.56. The van der Waals surface area contributed by atoms with Gasteiger partial charge in [-0.1, -0.05) is 47.8 Å². The largest absolute Gasteiger partial charge is 0.462 e. The summed E-state index contributed by atoms with van der Waals surface area (Å²) in [6, 6.07) is 9.39. The number of anilines is 1. The molecule has 0 saturated carbocycles. The van der Waals surface area contributed by atoms with Crippen molar-refractivity contribution in [2.45, 2.75) is 13.3 Å². The van der Waals surface area contributed by atoms with Gasteiger partial charge in [-0.3, -0.25) is 4.79 Å². The third kappa shape index (κ3) is 4.41. The highest BCUT2D eigenvalue weighted by Gasteiger charge is 2.18. The smallest absolute Gasteiger partial charge is 0.338 e. The zero-order chi connectivity index (χ0) is 17.7. The van der Waals surface area contributed by atoms with Gasteiger partial charge < -0.3 is 10.1 Å². The Morgan fingerprint density at radius 1 is 1.08 bits per heavy atom. The Kier molecular flexibility index (Phi) is 6.49. The highest BCUT2D eigenvalue weighted by Crippen LogP contribution is 2.32. The van der Waals surface area contributed by atoms with E-state index in [2.05, 4.69) is 5.32 Å². The van der Waals surface area contributed by atoms with Crippen LogP contribution in [-0.4, -0.2) is 18.5 Å².